The first-order chi connectivity index (χ1) is 11.0. The van der Waals surface area contributed by atoms with Crippen LogP contribution in [0.1, 0.15) is 5.56 Å². The third-order valence-corrected chi connectivity index (χ3v) is 5.32. The van der Waals surface area contributed by atoms with Crippen molar-refractivity contribution in [3.05, 3.63) is 77.1 Å². The predicted octanol–water partition coefficient (Wildman–Crippen LogP) is 4.11. The maximum atomic E-state index is 13.0. The van der Waals surface area contributed by atoms with Gasteiger partial charge in [-0.05, 0) is 29.1 Å². The molecule has 0 unspecified atom stereocenters. The number of fused-ring (bicyclic) bond motifs is 1. The van der Waals surface area contributed by atoms with Crippen molar-refractivity contribution in [3.8, 4) is 0 Å². The summed E-state index contributed by atoms with van der Waals surface area (Å²) in [5, 5.41) is 1.67. The van der Waals surface area contributed by atoms with Crippen molar-refractivity contribution < 1.29 is 12.8 Å². The van der Waals surface area contributed by atoms with Gasteiger partial charge in [0.15, 0.2) is 0 Å². The zero-order valence-electron chi connectivity index (χ0n) is 12.0. The van der Waals surface area contributed by atoms with Gasteiger partial charge < -0.3 is 0 Å². The molecule has 0 aromatic heterocycles. The lowest BCUT2D eigenvalue weighted by atomic mass is 10.1. The van der Waals surface area contributed by atoms with Gasteiger partial charge in [0, 0.05) is 17.0 Å². The number of halogens is 2. The number of sulfonamides is 1. The van der Waals surface area contributed by atoms with Gasteiger partial charge in [0.2, 0.25) is 10.0 Å². The average Bonchev–Trinajstić information content (AvgIpc) is 2.53. The van der Waals surface area contributed by atoms with Crippen LogP contribution in [-0.2, 0) is 16.6 Å². The van der Waals surface area contributed by atoms with Crippen molar-refractivity contribution in [2.45, 2.75) is 11.4 Å². The molecule has 3 aromatic rings. The van der Waals surface area contributed by atoms with E-state index in [4.69, 9.17) is 11.6 Å². The van der Waals surface area contributed by atoms with Crippen molar-refractivity contribution in [3.63, 3.8) is 0 Å². The van der Waals surface area contributed by atoms with E-state index in [1.54, 1.807) is 24.3 Å². The van der Waals surface area contributed by atoms with Crippen LogP contribution in [0.4, 0.5) is 4.39 Å². The van der Waals surface area contributed by atoms with E-state index in [1.165, 1.54) is 12.1 Å². The lowest BCUT2D eigenvalue weighted by Gasteiger charge is -2.10. The molecule has 6 heteroatoms. The van der Waals surface area contributed by atoms with E-state index in [9.17, 15) is 12.8 Å². The Morgan fingerprint density at radius 2 is 1.74 bits per heavy atom. The molecule has 0 fully saturated rings. The summed E-state index contributed by atoms with van der Waals surface area (Å²) in [5.41, 5.74) is 0.511. The first kappa shape index (κ1) is 15.9. The van der Waals surface area contributed by atoms with Crippen LogP contribution in [0.5, 0.6) is 0 Å². The second kappa shape index (κ2) is 6.28. The summed E-state index contributed by atoms with van der Waals surface area (Å²) in [4.78, 5) is 0.203. The molecule has 0 radical (unpaired) electrons. The van der Waals surface area contributed by atoms with Crippen LogP contribution in [0, 0.1) is 5.82 Å². The van der Waals surface area contributed by atoms with Gasteiger partial charge in [-0.3, -0.25) is 0 Å². The highest BCUT2D eigenvalue weighted by Crippen LogP contribution is 2.23. The van der Waals surface area contributed by atoms with E-state index in [0.29, 0.717) is 10.9 Å². The summed E-state index contributed by atoms with van der Waals surface area (Å²) in [6.07, 6.45) is 0. The Morgan fingerprint density at radius 3 is 2.52 bits per heavy atom. The van der Waals surface area contributed by atoms with E-state index in [1.807, 2.05) is 18.2 Å². The molecule has 3 aromatic carbocycles. The van der Waals surface area contributed by atoms with Gasteiger partial charge in [-0.25, -0.2) is 17.5 Å². The minimum atomic E-state index is -3.71. The maximum Gasteiger partial charge on any atom is 0.241 e. The highest BCUT2D eigenvalue weighted by molar-refractivity contribution is 7.89. The van der Waals surface area contributed by atoms with E-state index >= 15 is 0 Å². The van der Waals surface area contributed by atoms with Gasteiger partial charge in [-0.2, -0.15) is 0 Å². The molecule has 3 nitrogen and oxygen atoms in total. The van der Waals surface area contributed by atoms with Gasteiger partial charge >= 0.3 is 0 Å². The Hall–Kier alpha value is -1.95. The molecule has 0 aliphatic heterocycles. The Bertz CT molecular complexity index is 968. The molecule has 0 saturated heterocycles. The van der Waals surface area contributed by atoms with Gasteiger partial charge in [0.1, 0.15) is 5.82 Å². The largest absolute Gasteiger partial charge is 0.241 e. The molecule has 23 heavy (non-hydrogen) atoms. The quantitative estimate of drug-likeness (QED) is 0.770. The molecule has 3 rings (SSSR count). The fraction of sp³-hybridized carbons (Fsp3) is 0.0588. The summed E-state index contributed by atoms with van der Waals surface area (Å²) >= 11 is 5.92. The maximum absolute atomic E-state index is 13.0. The zero-order chi connectivity index (χ0) is 16.4. The second-order valence-corrected chi connectivity index (χ2v) is 7.18. The van der Waals surface area contributed by atoms with Gasteiger partial charge in [-0.15, -0.1) is 0 Å². The monoisotopic (exact) mass is 349 g/mol. The molecule has 0 saturated carbocycles. The standard InChI is InChI=1S/C17H13ClFNO2S/c18-16-10-14(19)9-8-13(16)11-20-23(21,22)17-7-3-5-12-4-1-2-6-15(12)17/h1-10,20H,11H2. The second-order valence-electron chi connectivity index (χ2n) is 5.04. The first-order valence-corrected chi connectivity index (χ1v) is 8.75. The van der Waals surface area contributed by atoms with E-state index in [0.717, 1.165) is 11.5 Å². The molecular weight excluding hydrogens is 337 g/mol. The van der Waals surface area contributed by atoms with Crippen molar-refractivity contribution in [1.29, 1.82) is 0 Å². The summed E-state index contributed by atoms with van der Waals surface area (Å²) < 4.78 is 40.7. The fourth-order valence-corrected chi connectivity index (χ4v) is 3.81. The first-order valence-electron chi connectivity index (χ1n) is 6.89. The van der Waals surface area contributed by atoms with Crippen LogP contribution >= 0.6 is 11.6 Å². The Morgan fingerprint density at radius 1 is 1.00 bits per heavy atom. The van der Waals surface area contributed by atoms with Crippen LogP contribution in [0.15, 0.2) is 65.6 Å². The number of rotatable bonds is 4. The van der Waals surface area contributed by atoms with Crippen LogP contribution < -0.4 is 4.72 Å². The number of nitrogens with one attached hydrogen (secondary N) is 1. The van der Waals surface area contributed by atoms with Crippen molar-refractivity contribution in [2.24, 2.45) is 0 Å². The highest BCUT2D eigenvalue weighted by atomic mass is 35.5. The van der Waals surface area contributed by atoms with Crippen LogP contribution in [0.3, 0.4) is 0 Å². The van der Waals surface area contributed by atoms with Crippen LogP contribution in [0.25, 0.3) is 10.8 Å². The molecule has 0 amide bonds. The Kier molecular flexibility index (Phi) is 4.35. The van der Waals surface area contributed by atoms with Crippen LogP contribution in [0.2, 0.25) is 5.02 Å². The summed E-state index contributed by atoms with van der Waals surface area (Å²) in [6.45, 7) is -0.00926. The molecule has 1 N–H and O–H groups in total. The Balaban J connectivity index is 1.92. The van der Waals surface area contributed by atoms with Crippen LogP contribution in [-0.4, -0.2) is 8.42 Å². The number of benzene rings is 3. The fourth-order valence-electron chi connectivity index (χ4n) is 2.35. The molecular formula is C17H13ClFNO2S. The van der Waals surface area contributed by atoms with Crippen molar-refractivity contribution in [1.82, 2.24) is 4.72 Å². The number of hydrogen-bond donors (Lipinski definition) is 1. The zero-order valence-corrected chi connectivity index (χ0v) is 13.5. The van der Waals surface area contributed by atoms with E-state index in [-0.39, 0.29) is 16.5 Å². The third kappa shape index (κ3) is 3.37. The average molecular weight is 350 g/mol. The third-order valence-electron chi connectivity index (χ3n) is 3.51. The molecule has 0 aliphatic carbocycles. The highest BCUT2D eigenvalue weighted by Gasteiger charge is 2.17. The molecule has 0 atom stereocenters. The molecule has 0 heterocycles. The topological polar surface area (TPSA) is 46.2 Å². The predicted molar refractivity (Wildman–Crippen MR) is 89.4 cm³/mol. The summed E-state index contributed by atoms with van der Waals surface area (Å²) in [7, 11) is -3.71. The minimum Gasteiger partial charge on any atom is -0.207 e. The Labute approximate surface area is 138 Å². The van der Waals surface area contributed by atoms with Gasteiger partial charge in [-0.1, -0.05) is 54.1 Å². The normalized spacial score (nSPS) is 11.7. The van der Waals surface area contributed by atoms with Gasteiger partial charge in [0.05, 0.1) is 4.90 Å². The van der Waals surface area contributed by atoms with E-state index in [2.05, 4.69) is 4.72 Å². The lowest BCUT2D eigenvalue weighted by molar-refractivity contribution is 0.582. The molecule has 0 aliphatic rings. The lowest BCUT2D eigenvalue weighted by Crippen LogP contribution is -2.23. The van der Waals surface area contributed by atoms with Crippen molar-refractivity contribution >= 4 is 32.4 Å². The van der Waals surface area contributed by atoms with Crippen molar-refractivity contribution in [2.75, 3.05) is 0 Å². The molecule has 0 bridgehead atoms. The molecule has 0 spiro atoms. The minimum absolute atomic E-state index is 0.00926. The smallest absolute Gasteiger partial charge is 0.207 e. The summed E-state index contributed by atoms with van der Waals surface area (Å²) in [6, 6.07) is 16.2. The number of hydrogen-bond acceptors (Lipinski definition) is 2. The van der Waals surface area contributed by atoms with E-state index < -0.39 is 15.8 Å². The summed E-state index contributed by atoms with van der Waals surface area (Å²) in [5.74, 6) is -0.462. The molecule has 118 valence electrons. The van der Waals surface area contributed by atoms with Gasteiger partial charge in [0.25, 0.3) is 0 Å². The SMILES string of the molecule is O=S(=O)(NCc1ccc(F)cc1Cl)c1cccc2ccccc12.